The molecule has 1 aromatic rings. The van der Waals surface area contributed by atoms with E-state index in [1.54, 1.807) is 19.2 Å². The first-order chi connectivity index (χ1) is 6.65. The molecule has 0 aromatic carbocycles. The highest BCUT2D eigenvalue weighted by Crippen LogP contribution is 2.15. The average molecular weight is 195 g/mol. The van der Waals surface area contributed by atoms with E-state index in [1.807, 2.05) is 0 Å². The van der Waals surface area contributed by atoms with Crippen molar-refractivity contribution in [1.29, 1.82) is 0 Å². The largest absolute Gasteiger partial charge is 0.396 e. The van der Waals surface area contributed by atoms with Crippen LogP contribution in [0.2, 0.25) is 0 Å². The number of nitrogens with two attached hydrogens (primary N) is 1. The Morgan fingerprint density at radius 3 is 3.00 bits per heavy atom. The molecule has 1 unspecified atom stereocenters. The molecular formula is C9H13N3O2. The summed E-state index contributed by atoms with van der Waals surface area (Å²) in [6.07, 6.45) is 2.54. The standard InChI is InChI=1S/C9H13N3O2/c1-6(14-2)9(13)12-8-3-4-11-5-7(8)10/h3-6H,10H2,1-2H3,(H,11,12,13). The summed E-state index contributed by atoms with van der Waals surface area (Å²) in [6.45, 7) is 1.66. The molecule has 76 valence electrons. The molecule has 1 aromatic heterocycles. The number of hydrogen-bond acceptors (Lipinski definition) is 4. The van der Waals surface area contributed by atoms with E-state index in [-0.39, 0.29) is 5.91 Å². The molecule has 3 N–H and O–H groups in total. The Labute approximate surface area is 82.3 Å². The average Bonchev–Trinajstić information content (AvgIpc) is 2.20. The third-order valence-electron chi connectivity index (χ3n) is 1.83. The van der Waals surface area contributed by atoms with Crippen molar-refractivity contribution in [2.24, 2.45) is 0 Å². The molecule has 0 saturated carbocycles. The van der Waals surface area contributed by atoms with Gasteiger partial charge in [0.15, 0.2) is 0 Å². The zero-order valence-corrected chi connectivity index (χ0v) is 8.15. The first-order valence-electron chi connectivity index (χ1n) is 4.18. The highest BCUT2D eigenvalue weighted by Gasteiger charge is 2.12. The van der Waals surface area contributed by atoms with E-state index in [0.29, 0.717) is 11.4 Å². The van der Waals surface area contributed by atoms with Crippen LogP contribution >= 0.6 is 0 Å². The van der Waals surface area contributed by atoms with Gasteiger partial charge in [-0.05, 0) is 13.0 Å². The molecule has 1 atom stereocenters. The van der Waals surface area contributed by atoms with Gasteiger partial charge in [0.2, 0.25) is 0 Å². The van der Waals surface area contributed by atoms with Crippen LogP contribution in [0.1, 0.15) is 6.92 Å². The SMILES string of the molecule is COC(C)C(=O)Nc1ccncc1N. The second-order valence-corrected chi connectivity index (χ2v) is 2.83. The smallest absolute Gasteiger partial charge is 0.253 e. The van der Waals surface area contributed by atoms with Crippen molar-refractivity contribution in [1.82, 2.24) is 4.98 Å². The fraction of sp³-hybridized carbons (Fsp3) is 0.333. The predicted molar refractivity (Wildman–Crippen MR) is 53.8 cm³/mol. The van der Waals surface area contributed by atoms with Gasteiger partial charge in [-0.25, -0.2) is 0 Å². The number of nitrogen functional groups attached to an aromatic ring is 1. The van der Waals surface area contributed by atoms with Crippen LogP contribution in [0.15, 0.2) is 18.5 Å². The maximum absolute atomic E-state index is 11.4. The second kappa shape index (κ2) is 4.57. The summed E-state index contributed by atoms with van der Waals surface area (Å²) in [7, 11) is 1.47. The lowest BCUT2D eigenvalue weighted by molar-refractivity contribution is -0.124. The number of pyridine rings is 1. The first kappa shape index (κ1) is 10.5. The summed E-state index contributed by atoms with van der Waals surface area (Å²) in [6, 6.07) is 1.63. The molecule has 0 radical (unpaired) electrons. The number of amides is 1. The van der Waals surface area contributed by atoms with Crippen molar-refractivity contribution in [3.8, 4) is 0 Å². The Morgan fingerprint density at radius 2 is 2.43 bits per heavy atom. The van der Waals surface area contributed by atoms with Crippen molar-refractivity contribution in [2.75, 3.05) is 18.2 Å². The molecule has 0 spiro atoms. The van der Waals surface area contributed by atoms with Crippen LogP contribution < -0.4 is 11.1 Å². The van der Waals surface area contributed by atoms with Gasteiger partial charge in [-0.1, -0.05) is 0 Å². The number of anilines is 2. The fourth-order valence-electron chi connectivity index (χ4n) is 0.862. The molecule has 0 aliphatic carbocycles. The van der Waals surface area contributed by atoms with Crippen LogP contribution in [-0.4, -0.2) is 24.1 Å². The van der Waals surface area contributed by atoms with Gasteiger partial charge >= 0.3 is 0 Å². The van der Waals surface area contributed by atoms with E-state index in [0.717, 1.165) is 0 Å². The fourth-order valence-corrected chi connectivity index (χ4v) is 0.862. The number of carbonyl (C=O) groups excluding carboxylic acids is 1. The summed E-state index contributed by atoms with van der Waals surface area (Å²) >= 11 is 0. The van der Waals surface area contributed by atoms with Gasteiger partial charge in [0.1, 0.15) is 6.10 Å². The zero-order chi connectivity index (χ0) is 10.6. The van der Waals surface area contributed by atoms with Crippen molar-refractivity contribution >= 4 is 17.3 Å². The van der Waals surface area contributed by atoms with Crippen LogP contribution in [-0.2, 0) is 9.53 Å². The quantitative estimate of drug-likeness (QED) is 0.741. The molecule has 5 heteroatoms. The van der Waals surface area contributed by atoms with E-state index < -0.39 is 6.10 Å². The van der Waals surface area contributed by atoms with Crippen molar-refractivity contribution in [2.45, 2.75) is 13.0 Å². The van der Waals surface area contributed by atoms with E-state index in [4.69, 9.17) is 10.5 Å². The second-order valence-electron chi connectivity index (χ2n) is 2.83. The Morgan fingerprint density at radius 1 is 1.71 bits per heavy atom. The molecule has 14 heavy (non-hydrogen) atoms. The number of hydrogen-bond donors (Lipinski definition) is 2. The minimum atomic E-state index is -0.498. The number of aromatic nitrogens is 1. The Kier molecular flexibility index (Phi) is 3.41. The van der Waals surface area contributed by atoms with Gasteiger partial charge in [0, 0.05) is 13.3 Å². The summed E-state index contributed by atoms with van der Waals surface area (Å²) in [4.78, 5) is 15.2. The zero-order valence-electron chi connectivity index (χ0n) is 8.15. The third kappa shape index (κ3) is 2.43. The summed E-state index contributed by atoms with van der Waals surface area (Å²) < 4.78 is 4.86. The summed E-state index contributed by atoms with van der Waals surface area (Å²) in [5, 5.41) is 2.63. The number of ether oxygens (including phenoxy) is 1. The number of rotatable bonds is 3. The van der Waals surface area contributed by atoms with Gasteiger partial charge in [-0.3, -0.25) is 9.78 Å². The van der Waals surface area contributed by atoms with Crippen LogP contribution in [0.5, 0.6) is 0 Å². The molecule has 1 amide bonds. The van der Waals surface area contributed by atoms with Gasteiger partial charge in [0.25, 0.3) is 5.91 Å². The Hall–Kier alpha value is -1.62. The molecule has 1 rings (SSSR count). The normalized spacial score (nSPS) is 12.1. The highest BCUT2D eigenvalue weighted by molar-refractivity contribution is 5.96. The maximum atomic E-state index is 11.4. The Bertz CT molecular complexity index is 328. The van der Waals surface area contributed by atoms with Crippen molar-refractivity contribution < 1.29 is 9.53 Å². The number of nitrogens with one attached hydrogen (secondary N) is 1. The maximum Gasteiger partial charge on any atom is 0.253 e. The van der Waals surface area contributed by atoms with Crippen molar-refractivity contribution in [3.05, 3.63) is 18.5 Å². The minimum absolute atomic E-state index is 0.231. The predicted octanol–water partition coefficient (Wildman–Crippen LogP) is 0.637. The van der Waals surface area contributed by atoms with Crippen LogP contribution in [0, 0.1) is 0 Å². The van der Waals surface area contributed by atoms with E-state index in [9.17, 15) is 4.79 Å². The summed E-state index contributed by atoms with van der Waals surface area (Å²) in [5.74, 6) is -0.231. The number of carbonyl (C=O) groups is 1. The molecule has 0 bridgehead atoms. The van der Waals surface area contributed by atoms with Crippen LogP contribution in [0.3, 0.4) is 0 Å². The third-order valence-corrected chi connectivity index (χ3v) is 1.83. The molecule has 0 aliphatic rings. The highest BCUT2D eigenvalue weighted by atomic mass is 16.5. The number of nitrogens with zero attached hydrogens (tertiary/aromatic N) is 1. The molecule has 0 saturated heterocycles. The van der Waals surface area contributed by atoms with Gasteiger partial charge in [-0.15, -0.1) is 0 Å². The molecule has 5 nitrogen and oxygen atoms in total. The molecular weight excluding hydrogens is 182 g/mol. The van der Waals surface area contributed by atoms with Crippen molar-refractivity contribution in [3.63, 3.8) is 0 Å². The monoisotopic (exact) mass is 195 g/mol. The van der Waals surface area contributed by atoms with Crippen LogP contribution in [0.25, 0.3) is 0 Å². The first-order valence-corrected chi connectivity index (χ1v) is 4.18. The van der Waals surface area contributed by atoms with Gasteiger partial charge < -0.3 is 15.8 Å². The molecule has 0 fully saturated rings. The van der Waals surface area contributed by atoms with Gasteiger partial charge in [0.05, 0.1) is 17.6 Å². The lowest BCUT2D eigenvalue weighted by atomic mass is 10.3. The lowest BCUT2D eigenvalue weighted by Gasteiger charge is -2.11. The number of methoxy groups -OCH3 is 1. The minimum Gasteiger partial charge on any atom is -0.396 e. The molecule has 1 heterocycles. The lowest BCUT2D eigenvalue weighted by Crippen LogP contribution is -2.26. The molecule has 0 aliphatic heterocycles. The summed E-state index contributed by atoms with van der Waals surface area (Å²) in [5.41, 5.74) is 6.58. The Balaban J connectivity index is 2.70. The van der Waals surface area contributed by atoms with E-state index in [1.165, 1.54) is 13.3 Å². The van der Waals surface area contributed by atoms with Crippen LogP contribution in [0.4, 0.5) is 11.4 Å². The van der Waals surface area contributed by atoms with Gasteiger partial charge in [-0.2, -0.15) is 0 Å². The van der Waals surface area contributed by atoms with E-state index >= 15 is 0 Å². The topological polar surface area (TPSA) is 77.2 Å². The van der Waals surface area contributed by atoms with E-state index in [2.05, 4.69) is 10.3 Å².